The minimum absolute atomic E-state index is 0.0940. The molecule has 0 radical (unpaired) electrons. The second kappa shape index (κ2) is 5.95. The van der Waals surface area contributed by atoms with Crippen molar-refractivity contribution in [2.75, 3.05) is 7.05 Å². The van der Waals surface area contributed by atoms with E-state index in [1.54, 1.807) is 11.6 Å². The summed E-state index contributed by atoms with van der Waals surface area (Å²) in [6.45, 7) is 8.39. The van der Waals surface area contributed by atoms with E-state index in [9.17, 15) is 10.1 Å². The summed E-state index contributed by atoms with van der Waals surface area (Å²) in [5, 5.41) is 18.7. The van der Waals surface area contributed by atoms with E-state index >= 15 is 0 Å². The first kappa shape index (κ1) is 14.6. The van der Waals surface area contributed by atoms with Crippen molar-refractivity contribution in [3.05, 3.63) is 21.5 Å². The molecule has 0 spiro atoms. The third-order valence-electron chi connectivity index (χ3n) is 3.47. The molecule has 1 aromatic rings. The molecule has 0 saturated heterocycles. The molecule has 1 rings (SSSR count). The average Bonchev–Trinajstić information content (AvgIpc) is 2.67. The van der Waals surface area contributed by atoms with Crippen LogP contribution >= 0.6 is 0 Å². The van der Waals surface area contributed by atoms with Crippen LogP contribution in [0.4, 0.5) is 5.69 Å². The van der Waals surface area contributed by atoms with Crippen molar-refractivity contribution in [3.8, 4) is 0 Å². The Morgan fingerprint density at radius 3 is 2.50 bits per heavy atom. The monoisotopic (exact) mass is 254 g/mol. The van der Waals surface area contributed by atoms with Crippen molar-refractivity contribution < 1.29 is 4.92 Å². The average molecular weight is 254 g/mol. The largest absolute Gasteiger partial charge is 0.317 e. The molecule has 2 atom stereocenters. The molecule has 0 saturated carbocycles. The summed E-state index contributed by atoms with van der Waals surface area (Å²) in [6, 6.07) is 0.176. The van der Waals surface area contributed by atoms with E-state index in [2.05, 4.69) is 10.4 Å². The fourth-order valence-electron chi connectivity index (χ4n) is 2.41. The highest BCUT2D eigenvalue weighted by Crippen LogP contribution is 2.33. The Labute approximate surface area is 108 Å². The SMILES string of the molecule is CCC(c1c([N+](=O)[O-])c(C)nn1CC)C(C)NC. The molecule has 0 bridgehead atoms. The number of aromatic nitrogens is 2. The Kier molecular flexibility index (Phi) is 4.84. The number of rotatable bonds is 6. The van der Waals surface area contributed by atoms with Gasteiger partial charge in [-0.15, -0.1) is 0 Å². The molecule has 6 nitrogen and oxygen atoms in total. The summed E-state index contributed by atoms with van der Waals surface area (Å²) in [4.78, 5) is 10.9. The van der Waals surface area contributed by atoms with E-state index < -0.39 is 0 Å². The Morgan fingerprint density at radius 1 is 1.50 bits per heavy atom. The lowest BCUT2D eigenvalue weighted by molar-refractivity contribution is -0.386. The molecule has 1 aromatic heterocycles. The quantitative estimate of drug-likeness (QED) is 0.624. The Morgan fingerprint density at radius 2 is 2.11 bits per heavy atom. The number of hydrogen-bond acceptors (Lipinski definition) is 4. The first-order valence-corrected chi connectivity index (χ1v) is 6.36. The van der Waals surface area contributed by atoms with Crippen LogP contribution in [-0.4, -0.2) is 27.8 Å². The van der Waals surface area contributed by atoms with Crippen LogP contribution in [0, 0.1) is 17.0 Å². The molecule has 0 aliphatic heterocycles. The van der Waals surface area contributed by atoms with E-state index in [0.29, 0.717) is 12.2 Å². The summed E-state index contributed by atoms with van der Waals surface area (Å²) in [5.41, 5.74) is 1.41. The number of nitro groups is 1. The van der Waals surface area contributed by atoms with Gasteiger partial charge in [-0.3, -0.25) is 14.8 Å². The topological polar surface area (TPSA) is 73.0 Å². The molecule has 2 unspecified atom stereocenters. The van der Waals surface area contributed by atoms with Gasteiger partial charge in [0.25, 0.3) is 0 Å². The Hall–Kier alpha value is -1.43. The molecule has 0 amide bonds. The van der Waals surface area contributed by atoms with Gasteiger partial charge in [0.1, 0.15) is 11.4 Å². The predicted octanol–water partition coefficient (Wildman–Crippen LogP) is 2.22. The lowest BCUT2D eigenvalue weighted by Crippen LogP contribution is -2.30. The second-order valence-electron chi connectivity index (χ2n) is 4.48. The van der Waals surface area contributed by atoms with Crippen LogP contribution in [0.2, 0.25) is 0 Å². The van der Waals surface area contributed by atoms with Crippen molar-refractivity contribution in [3.63, 3.8) is 0 Å². The fourth-order valence-corrected chi connectivity index (χ4v) is 2.41. The van der Waals surface area contributed by atoms with Crippen molar-refractivity contribution in [2.24, 2.45) is 0 Å². The van der Waals surface area contributed by atoms with Gasteiger partial charge in [-0.25, -0.2) is 0 Å². The molecule has 0 aromatic carbocycles. The molecule has 0 aliphatic rings. The zero-order valence-electron chi connectivity index (χ0n) is 11.7. The van der Waals surface area contributed by atoms with E-state index in [1.165, 1.54) is 0 Å². The third-order valence-corrected chi connectivity index (χ3v) is 3.47. The van der Waals surface area contributed by atoms with Gasteiger partial charge in [-0.05, 0) is 34.2 Å². The van der Waals surface area contributed by atoms with Crippen LogP contribution < -0.4 is 5.32 Å². The summed E-state index contributed by atoms with van der Waals surface area (Å²) in [5.74, 6) is 0.0940. The van der Waals surface area contributed by atoms with Crippen LogP contribution in [0.25, 0.3) is 0 Å². The van der Waals surface area contributed by atoms with Gasteiger partial charge in [0.15, 0.2) is 0 Å². The summed E-state index contributed by atoms with van der Waals surface area (Å²) in [6.07, 6.45) is 0.841. The summed E-state index contributed by atoms with van der Waals surface area (Å²) >= 11 is 0. The zero-order valence-corrected chi connectivity index (χ0v) is 11.7. The standard InChI is InChI=1S/C12H22N4O2/c1-6-10(8(3)13-5)12-11(16(17)18)9(4)14-15(12)7-2/h8,10,13H,6-7H2,1-5H3. The first-order chi connectivity index (χ1) is 8.47. The van der Waals surface area contributed by atoms with Gasteiger partial charge >= 0.3 is 5.69 Å². The van der Waals surface area contributed by atoms with Gasteiger partial charge in [0.2, 0.25) is 0 Å². The zero-order chi connectivity index (χ0) is 13.9. The predicted molar refractivity (Wildman–Crippen MR) is 70.8 cm³/mol. The number of hydrogen-bond donors (Lipinski definition) is 1. The van der Waals surface area contributed by atoms with E-state index in [0.717, 1.165) is 12.1 Å². The number of aryl methyl sites for hydroxylation is 2. The molecule has 1 N–H and O–H groups in total. The summed E-state index contributed by atoms with van der Waals surface area (Å²) < 4.78 is 1.76. The van der Waals surface area contributed by atoms with E-state index in [-0.39, 0.29) is 22.6 Å². The normalized spacial score (nSPS) is 14.5. The lowest BCUT2D eigenvalue weighted by Gasteiger charge is -2.22. The van der Waals surface area contributed by atoms with Crippen LogP contribution in [0.15, 0.2) is 0 Å². The van der Waals surface area contributed by atoms with Crippen LogP contribution in [0.1, 0.15) is 44.5 Å². The fraction of sp³-hybridized carbons (Fsp3) is 0.750. The van der Waals surface area contributed by atoms with Gasteiger partial charge in [0.05, 0.1) is 4.92 Å². The molecular weight excluding hydrogens is 232 g/mol. The smallest absolute Gasteiger partial charge is 0.313 e. The molecule has 102 valence electrons. The van der Waals surface area contributed by atoms with Gasteiger partial charge in [-0.1, -0.05) is 6.92 Å². The molecular formula is C12H22N4O2. The molecule has 6 heteroatoms. The first-order valence-electron chi connectivity index (χ1n) is 6.36. The Bertz CT molecular complexity index is 428. The van der Waals surface area contributed by atoms with Crippen molar-refractivity contribution in [1.29, 1.82) is 0 Å². The Balaban J connectivity index is 3.38. The molecule has 18 heavy (non-hydrogen) atoms. The van der Waals surface area contributed by atoms with E-state index in [1.807, 2.05) is 27.8 Å². The highest BCUT2D eigenvalue weighted by atomic mass is 16.6. The molecule has 1 heterocycles. The lowest BCUT2D eigenvalue weighted by atomic mass is 9.93. The van der Waals surface area contributed by atoms with Gasteiger partial charge < -0.3 is 5.32 Å². The highest BCUT2D eigenvalue weighted by molar-refractivity contribution is 5.43. The minimum atomic E-state index is -0.311. The number of nitrogens with one attached hydrogen (secondary N) is 1. The van der Waals surface area contributed by atoms with E-state index in [4.69, 9.17) is 0 Å². The second-order valence-corrected chi connectivity index (χ2v) is 4.48. The maximum atomic E-state index is 11.2. The van der Waals surface area contributed by atoms with Crippen molar-refractivity contribution in [2.45, 2.75) is 52.6 Å². The van der Waals surface area contributed by atoms with Crippen molar-refractivity contribution in [1.82, 2.24) is 15.1 Å². The van der Waals surface area contributed by atoms with Crippen molar-refractivity contribution >= 4 is 5.69 Å². The highest BCUT2D eigenvalue weighted by Gasteiger charge is 2.32. The number of nitrogens with zero attached hydrogens (tertiary/aromatic N) is 3. The maximum Gasteiger partial charge on any atom is 0.313 e. The van der Waals surface area contributed by atoms with Crippen LogP contribution in [0.3, 0.4) is 0 Å². The van der Waals surface area contributed by atoms with Crippen LogP contribution in [0.5, 0.6) is 0 Å². The number of likely N-dealkylation sites (N-methyl/N-ethyl adjacent to an activating group) is 1. The summed E-state index contributed by atoms with van der Waals surface area (Å²) in [7, 11) is 1.87. The van der Waals surface area contributed by atoms with Gasteiger partial charge in [0, 0.05) is 18.5 Å². The third kappa shape index (κ3) is 2.53. The maximum absolute atomic E-state index is 11.2. The molecule has 0 fully saturated rings. The van der Waals surface area contributed by atoms with Gasteiger partial charge in [-0.2, -0.15) is 5.10 Å². The minimum Gasteiger partial charge on any atom is -0.317 e. The van der Waals surface area contributed by atoms with Crippen LogP contribution in [-0.2, 0) is 6.54 Å². The molecule has 0 aliphatic carbocycles.